The van der Waals surface area contributed by atoms with Gasteiger partial charge in [0.2, 0.25) is 15.9 Å². The fourth-order valence-corrected chi connectivity index (χ4v) is 3.27. The summed E-state index contributed by atoms with van der Waals surface area (Å²) < 4.78 is 40.5. The molecular weight excluding hydrogens is 355 g/mol. The topological polar surface area (TPSA) is 75.3 Å². The minimum absolute atomic E-state index is 0.00885. The maximum absolute atomic E-state index is 13.2. The molecule has 0 radical (unpaired) electrons. The molecule has 0 saturated carbocycles. The van der Waals surface area contributed by atoms with Crippen LogP contribution >= 0.6 is 0 Å². The van der Waals surface area contributed by atoms with E-state index in [0.29, 0.717) is 11.1 Å². The van der Waals surface area contributed by atoms with E-state index in [-0.39, 0.29) is 23.9 Å². The summed E-state index contributed by atoms with van der Waals surface area (Å²) in [5, 5.41) is 2.79. The van der Waals surface area contributed by atoms with Gasteiger partial charge in [-0.3, -0.25) is 4.79 Å². The van der Waals surface area contributed by atoms with Gasteiger partial charge < -0.3 is 5.32 Å². The van der Waals surface area contributed by atoms with E-state index in [2.05, 4.69) is 10.0 Å². The van der Waals surface area contributed by atoms with Gasteiger partial charge in [-0.25, -0.2) is 17.5 Å². The number of amides is 1. The summed E-state index contributed by atoms with van der Waals surface area (Å²) in [5.74, 6) is -0.534. The van der Waals surface area contributed by atoms with Gasteiger partial charge in [0.1, 0.15) is 5.82 Å². The van der Waals surface area contributed by atoms with Gasteiger partial charge in [0.05, 0.1) is 4.90 Å². The predicted octanol–water partition coefficient (Wildman–Crippen LogP) is 2.97. The molecule has 0 atom stereocenters. The summed E-state index contributed by atoms with van der Waals surface area (Å²) in [7, 11) is -3.75. The number of hydrogen-bond acceptors (Lipinski definition) is 3. The molecule has 0 aromatic heterocycles. The van der Waals surface area contributed by atoms with E-state index in [4.69, 9.17) is 0 Å². The lowest BCUT2D eigenvalue weighted by molar-refractivity contribution is -0.128. The molecule has 0 saturated heterocycles. The highest BCUT2D eigenvalue weighted by molar-refractivity contribution is 7.89. The van der Waals surface area contributed by atoms with E-state index in [1.54, 1.807) is 39.0 Å². The lowest BCUT2D eigenvalue weighted by Gasteiger charge is -2.17. The summed E-state index contributed by atoms with van der Waals surface area (Å²) in [4.78, 5) is 12.0. The molecule has 0 fully saturated rings. The molecule has 0 heterocycles. The Morgan fingerprint density at radius 2 is 1.62 bits per heavy atom. The van der Waals surface area contributed by atoms with Crippen LogP contribution in [0.4, 0.5) is 4.39 Å². The second-order valence-electron chi connectivity index (χ2n) is 7.03. The molecule has 0 aliphatic carbocycles. The van der Waals surface area contributed by atoms with Crippen LogP contribution in [-0.2, 0) is 27.9 Å². The fourth-order valence-electron chi connectivity index (χ4n) is 2.18. The standard InChI is InChI=1S/C19H23FN2O3S/c1-19(2,3)18(23)21-12-15-7-5-9-17(11-15)26(24,25)22-13-14-6-4-8-16(20)10-14/h4-11,22H,12-13H2,1-3H3,(H,21,23). The predicted molar refractivity (Wildman–Crippen MR) is 98.2 cm³/mol. The van der Waals surface area contributed by atoms with Crippen molar-refractivity contribution in [3.8, 4) is 0 Å². The second-order valence-corrected chi connectivity index (χ2v) is 8.80. The number of hydrogen-bond donors (Lipinski definition) is 2. The van der Waals surface area contributed by atoms with Gasteiger partial charge in [-0.15, -0.1) is 0 Å². The van der Waals surface area contributed by atoms with Crippen LogP contribution < -0.4 is 10.0 Å². The first-order valence-corrected chi connectivity index (χ1v) is 9.67. The Morgan fingerprint density at radius 1 is 1.00 bits per heavy atom. The average Bonchev–Trinajstić information content (AvgIpc) is 2.57. The molecule has 5 nitrogen and oxygen atoms in total. The van der Waals surface area contributed by atoms with Gasteiger partial charge in [0.15, 0.2) is 0 Å². The molecule has 1 amide bonds. The van der Waals surface area contributed by atoms with Crippen molar-refractivity contribution >= 4 is 15.9 Å². The van der Waals surface area contributed by atoms with Crippen LogP contribution in [-0.4, -0.2) is 14.3 Å². The zero-order valence-electron chi connectivity index (χ0n) is 15.0. The largest absolute Gasteiger partial charge is 0.352 e. The third-order valence-electron chi connectivity index (χ3n) is 3.70. The van der Waals surface area contributed by atoms with Crippen molar-refractivity contribution in [2.24, 2.45) is 5.41 Å². The monoisotopic (exact) mass is 378 g/mol. The molecule has 0 bridgehead atoms. The maximum atomic E-state index is 13.2. The van der Waals surface area contributed by atoms with Crippen LogP contribution in [0.3, 0.4) is 0 Å². The fraction of sp³-hybridized carbons (Fsp3) is 0.316. The number of carbonyl (C=O) groups excluding carboxylic acids is 1. The Bertz CT molecular complexity index is 890. The first kappa shape index (κ1) is 20.1. The average molecular weight is 378 g/mol. The molecule has 0 aliphatic heterocycles. The summed E-state index contributed by atoms with van der Waals surface area (Å²) >= 11 is 0. The maximum Gasteiger partial charge on any atom is 0.240 e. The van der Waals surface area contributed by atoms with Crippen molar-refractivity contribution in [2.75, 3.05) is 0 Å². The van der Waals surface area contributed by atoms with E-state index >= 15 is 0 Å². The van der Waals surface area contributed by atoms with E-state index < -0.39 is 21.3 Å². The first-order valence-electron chi connectivity index (χ1n) is 8.19. The molecule has 0 spiro atoms. The zero-order chi connectivity index (χ0) is 19.4. The molecular formula is C19H23FN2O3S. The highest BCUT2D eigenvalue weighted by Crippen LogP contribution is 2.15. The quantitative estimate of drug-likeness (QED) is 0.811. The van der Waals surface area contributed by atoms with Crippen LogP contribution in [0.1, 0.15) is 31.9 Å². The van der Waals surface area contributed by atoms with Crippen LogP contribution in [0.15, 0.2) is 53.4 Å². The van der Waals surface area contributed by atoms with Gasteiger partial charge in [-0.2, -0.15) is 0 Å². The van der Waals surface area contributed by atoms with Gasteiger partial charge >= 0.3 is 0 Å². The van der Waals surface area contributed by atoms with Gasteiger partial charge in [-0.1, -0.05) is 45.0 Å². The summed E-state index contributed by atoms with van der Waals surface area (Å²) in [5.41, 5.74) is 0.689. The van der Waals surface area contributed by atoms with Crippen molar-refractivity contribution in [2.45, 2.75) is 38.8 Å². The number of nitrogens with one attached hydrogen (secondary N) is 2. The highest BCUT2D eigenvalue weighted by Gasteiger charge is 2.21. The van der Waals surface area contributed by atoms with E-state index in [9.17, 15) is 17.6 Å². The second kappa shape index (κ2) is 7.97. The Hall–Kier alpha value is -2.25. The van der Waals surface area contributed by atoms with E-state index in [1.165, 1.54) is 30.3 Å². The number of sulfonamides is 1. The molecule has 140 valence electrons. The smallest absolute Gasteiger partial charge is 0.240 e. The minimum Gasteiger partial charge on any atom is -0.352 e. The van der Waals surface area contributed by atoms with Crippen molar-refractivity contribution in [3.63, 3.8) is 0 Å². The Kier molecular flexibility index (Phi) is 6.15. The molecule has 2 aromatic carbocycles. The zero-order valence-corrected chi connectivity index (χ0v) is 15.9. The number of halogens is 1. The van der Waals surface area contributed by atoms with Crippen molar-refractivity contribution in [1.82, 2.24) is 10.0 Å². The summed E-state index contributed by atoms with van der Waals surface area (Å²) in [6.45, 7) is 5.65. The third-order valence-corrected chi connectivity index (χ3v) is 5.10. The van der Waals surface area contributed by atoms with Crippen molar-refractivity contribution in [1.29, 1.82) is 0 Å². The Labute approximate surface area is 153 Å². The summed E-state index contributed by atoms with van der Waals surface area (Å²) in [6.07, 6.45) is 0. The summed E-state index contributed by atoms with van der Waals surface area (Å²) in [6, 6.07) is 12.1. The number of benzene rings is 2. The molecule has 0 unspecified atom stereocenters. The van der Waals surface area contributed by atoms with Crippen LogP contribution in [0.25, 0.3) is 0 Å². The lowest BCUT2D eigenvalue weighted by atomic mass is 9.95. The molecule has 0 aliphatic rings. The molecule has 26 heavy (non-hydrogen) atoms. The van der Waals surface area contributed by atoms with Crippen LogP contribution in [0, 0.1) is 11.2 Å². The van der Waals surface area contributed by atoms with E-state index in [1.807, 2.05) is 0 Å². The Balaban J connectivity index is 2.06. The third kappa shape index (κ3) is 5.64. The van der Waals surface area contributed by atoms with E-state index in [0.717, 1.165) is 0 Å². The van der Waals surface area contributed by atoms with Crippen LogP contribution in [0.5, 0.6) is 0 Å². The first-order chi connectivity index (χ1) is 12.1. The number of carbonyl (C=O) groups is 1. The number of rotatable bonds is 6. The van der Waals surface area contributed by atoms with Crippen molar-refractivity contribution < 1.29 is 17.6 Å². The molecule has 2 N–H and O–H groups in total. The molecule has 7 heteroatoms. The molecule has 2 aromatic rings. The van der Waals surface area contributed by atoms with Gasteiger partial charge in [-0.05, 0) is 35.4 Å². The minimum atomic E-state index is -3.75. The van der Waals surface area contributed by atoms with Gasteiger partial charge in [0, 0.05) is 18.5 Å². The highest BCUT2D eigenvalue weighted by atomic mass is 32.2. The lowest BCUT2D eigenvalue weighted by Crippen LogP contribution is -2.34. The van der Waals surface area contributed by atoms with Crippen molar-refractivity contribution in [3.05, 3.63) is 65.5 Å². The Morgan fingerprint density at radius 3 is 2.23 bits per heavy atom. The normalized spacial score (nSPS) is 12.0. The molecule has 2 rings (SSSR count). The SMILES string of the molecule is CC(C)(C)C(=O)NCc1cccc(S(=O)(=O)NCc2cccc(F)c2)c1. The van der Waals surface area contributed by atoms with Crippen LogP contribution in [0.2, 0.25) is 0 Å². The van der Waals surface area contributed by atoms with Gasteiger partial charge in [0.25, 0.3) is 0 Å².